The van der Waals surface area contributed by atoms with Crippen molar-refractivity contribution in [2.75, 3.05) is 13.1 Å². The van der Waals surface area contributed by atoms with Crippen LogP contribution in [0.25, 0.3) is 10.9 Å². The molecule has 112 valence electrons. The number of carbonyl (C=O) groups is 1. The van der Waals surface area contributed by atoms with Crippen LogP contribution in [-0.2, 0) is 9.53 Å². The number of pyridine rings is 1. The summed E-state index contributed by atoms with van der Waals surface area (Å²) < 4.78 is 5.60. The highest BCUT2D eigenvalue weighted by Gasteiger charge is 2.37. The fourth-order valence-electron chi connectivity index (χ4n) is 3.14. The molecule has 0 spiro atoms. The summed E-state index contributed by atoms with van der Waals surface area (Å²) in [4.78, 5) is 23.2. The highest BCUT2D eigenvalue weighted by Crippen LogP contribution is 2.30. The lowest BCUT2D eigenvalue weighted by Gasteiger charge is -2.22. The molecule has 2 aliphatic heterocycles. The Morgan fingerprint density at radius 1 is 1.23 bits per heavy atom. The molecule has 5 heteroatoms. The number of aromatic nitrogens is 1. The van der Waals surface area contributed by atoms with E-state index in [9.17, 15) is 4.79 Å². The van der Waals surface area contributed by atoms with Gasteiger partial charge in [0.1, 0.15) is 0 Å². The first-order chi connectivity index (χ1) is 10.8. The molecule has 0 radical (unpaired) electrons. The van der Waals surface area contributed by atoms with E-state index in [1.54, 1.807) is 6.20 Å². The van der Waals surface area contributed by atoms with Gasteiger partial charge in [-0.05, 0) is 25.0 Å². The van der Waals surface area contributed by atoms with E-state index in [1.807, 2.05) is 35.2 Å². The summed E-state index contributed by atoms with van der Waals surface area (Å²) in [5, 5.41) is 1.04. The Bertz CT molecular complexity index is 738. The zero-order chi connectivity index (χ0) is 14.9. The fourth-order valence-corrected chi connectivity index (χ4v) is 3.14. The molecular weight excluding hydrogens is 278 g/mol. The molecule has 1 aromatic carbocycles. The average Bonchev–Trinajstić information content (AvgIpc) is 3.25. The molecule has 5 nitrogen and oxygen atoms in total. The molecule has 0 N–H and O–H groups in total. The van der Waals surface area contributed by atoms with E-state index in [0.29, 0.717) is 0 Å². The normalized spacial score (nSPS) is 23.9. The Labute approximate surface area is 128 Å². The van der Waals surface area contributed by atoms with Gasteiger partial charge in [0.2, 0.25) is 0 Å². The van der Waals surface area contributed by atoms with Gasteiger partial charge in [-0.3, -0.25) is 9.78 Å². The minimum absolute atomic E-state index is 0.0596. The number of ether oxygens (including phenoxy) is 1. The number of carbonyl (C=O) groups excluding carboxylic acids is 1. The first-order valence-electron chi connectivity index (χ1n) is 7.63. The summed E-state index contributed by atoms with van der Waals surface area (Å²) in [7, 11) is 0. The predicted octanol–water partition coefficient (Wildman–Crippen LogP) is 2.33. The van der Waals surface area contributed by atoms with Crippen molar-refractivity contribution in [1.29, 1.82) is 0 Å². The Morgan fingerprint density at radius 2 is 2.05 bits per heavy atom. The molecule has 2 aliphatic rings. The Balaban J connectivity index is 1.63. The van der Waals surface area contributed by atoms with Crippen LogP contribution in [0.15, 0.2) is 41.5 Å². The zero-order valence-electron chi connectivity index (χ0n) is 12.2. The van der Waals surface area contributed by atoms with E-state index < -0.39 is 6.04 Å². The maximum Gasteiger partial charge on any atom is 0.251 e. The number of hydrogen-bond donors (Lipinski definition) is 0. The Kier molecular flexibility index (Phi) is 3.25. The molecule has 0 bridgehead atoms. The molecule has 3 heterocycles. The van der Waals surface area contributed by atoms with E-state index >= 15 is 0 Å². The second-order valence-electron chi connectivity index (χ2n) is 5.75. The largest absolute Gasteiger partial charge is 0.473 e. The Morgan fingerprint density at radius 3 is 2.91 bits per heavy atom. The summed E-state index contributed by atoms with van der Waals surface area (Å²) in [5.41, 5.74) is 1.83. The van der Waals surface area contributed by atoms with Gasteiger partial charge in [0.15, 0.2) is 18.5 Å². The summed E-state index contributed by atoms with van der Waals surface area (Å²) in [5.74, 6) is 0.0596. The first-order valence-corrected chi connectivity index (χ1v) is 7.63. The fraction of sp³-hybridized carbons (Fsp3) is 0.353. The smallest absolute Gasteiger partial charge is 0.251 e. The van der Waals surface area contributed by atoms with Gasteiger partial charge in [0, 0.05) is 30.2 Å². The highest BCUT2D eigenvalue weighted by atomic mass is 16.5. The van der Waals surface area contributed by atoms with Crippen molar-refractivity contribution in [3.05, 3.63) is 42.1 Å². The number of rotatable bonds is 2. The van der Waals surface area contributed by atoms with Gasteiger partial charge in [-0.15, -0.1) is 0 Å². The minimum atomic E-state index is -0.485. The molecule has 1 unspecified atom stereocenters. The van der Waals surface area contributed by atoms with Gasteiger partial charge < -0.3 is 9.64 Å². The molecule has 1 fully saturated rings. The number of fused-ring (bicyclic) bond motifs is 1. The summed E-state index contributed by atoms with van der Waals surface area (Å²) in [6, 6.07) is 9.47. The SMILES string of the molecule is O=C(C1N=CO[C@H]1c1cnc2ccccc2c1)N1CCCC1. The standard InChI is InChI=1S/C17H17N3O2/c21-17(20-7-3-4-8-20)15-16(22-11-19-15)13-9-12-5-1-2-6-14(12)18-10-13/h1-2,5-6,9-11,15-16H,3-4,7-8H2/t15?,16-/m0/s1. The lowest BCUT2D eigenvalue weighted by molar-refractivity contribution is -0.133. The van der Waals surface area contributed by atoms with Crippen LogP contribution >= 0.6 is 0 Å². The van der Waals surface area contributed by atoms with Crippen LogP contribution in [0.4, 0.5) is 0 Å². The topological polar surface area (TPSA) is 54.8 Å². The van der Waals surface area contributed by atoms with Crippen molar-refractivity contribution in [1.82, 2.24) is 9.88 Å². The van der Waals surface area contributed by atoms with Crippen LogP contribution in [0, 0.1) is 0 Å². The van der Waals surface area contributed by atoms with Gasteiger partial charge >= 0.3 is 0 Å². The van der Waals surface area contributed by atoms with Gasteiger partial charge in [-0.2, -0.15) is 0 Å². The number of para-hydroxylation sites is 1. The van der Waals surface area contributed by atoms with Crippen LogP contribution in [0.5, 0.6) is 0 Å². The second-order valence-corrected chi connectivity index (χ2v) is 5.75. The lowest BCUT2D eigenvalue weighted by atomic mass is 10.0. The lowest BCUT2D eigenvalue weighted by Crippen LogP contribution is -2.38. The monoisotopic (exact) mass is 295 g/mol. The molecule has 1 amide bonds. The van der Waals surface area contributed by atoms with E-state index in [0.717, 1.165) is 42.4 Å². The molecule has 0 aliphatic carbocycles. The van der Waals surface area contributed by atoms with E-state index in [2.05, 4.69) is 9.98 Å². The van der Waals surface area contributed by atoms with Crippen molar-refractivity contribution < 1.29 is 9.53 Å². The molecule has 2 atom stereocenters. The number of benzene rings is 1. The van der Waals surface area contributed by atoms with Crippen LogP contribution in [-0.4, -0.2) is 41.3 Å². The number of hydrogen-bond acceptors (Lipinski definition) is 4. The third kappa shape index (κ3) is 2.22. The first kappa shape index (κ1) is 13.2. The number of aliphatic imine (C=N–C) groups is 1. The summed E-state index contributed by atoms with van der Waals surface area (Å²) in [6.45, 7) is 1.65. The summed E-state index contributed by atoms with van der Waals surface area (Å²) >= 11 is 0. The van der Waals surface area contributed by atoms with E-state index in [-0.39, 0.29) is 12.0 Å². The van der Waals surface area contributed by atoms with Gasteiger partial charge in [-0.1, -0.05) is 18.2 Å². The van der Waals surface area contributed by atoms with Crippen LogP contribution < -0.4 is 0 Å². The molecule has 1 aromatic heterocycles. The minimum Gasteiger partial charge on any atom is -0.473 e. The van der Waals surface area contributed by atoms with Crippen molar-refractivity contribution >= 4 is 23.2 Å². The average molecular weight is 295 g/mol. The Hall–Kier alpha value is -2.43. The molecule has 22 heavy (non-hydrogen) atoms. The van der Waals surface area contributed by atoms with Crippen molar-refractivity contribution in [2.45, 2.75) is 25.0 Å². The molecule has 4 rings (SSSR count). The second kappa shape index (κ2) is 5.40. The molecule has 2 aromatic rings. The maximum atomic E-state index is 12.6. The molecule has 0 saturated carbocycles. The third-order valence-corrected chi connectivity index (χ3v) is 4.33. The van der Waals surface area contributed by atoms with Crippen LogP contribution in [0.1, 0.15) is 24.5 Å². The van der Waals surface area contributed by atoms with Crippen LogP contribution in [0.2, 0.25) is 0 Å². The van der Waals surface area contributed by atoms with Crippen molar-refractivity contribution in [3.63, 3.8) is 0 Å². The number of likely N-dealkylation sites (tertiary alicyclic amines) is 1. The quantitative estimate of drug-likeness (QED) is 0.854. The van der Waals surface area contributed by atoms with Gasteiger partial charge in [0.25, 0.3) is 5.91 Å². The van der Waals surface area contributed by atoms with E-state index in [4.69, 9.17) is 4.74 Å². The third-order valence-electron chi connectivity index (χ3n) is 4.33. The number of nitrogens with zero attached hydrogens (tertiary/aromatic N) is 3. The molecular formula is C17H17N3O2. The van der Waals surface area contributed by atoms with Crippen molar-refractivity contribution in [2.24, 2.45) is 4.99 Å². The van der Waals surface area contributed by atoms with Gasteiger partial charge in [0.05, 0.1) is 5.52 Å². The zero-order valence-corrected chi connectivity index (χ0v) is 12.2. The van der Waals surface area contributed by atoms with Crippen LogP contribution in [0.3, 0.4) is 0 Å². The highest BCUT2D eigenvalue weighted by molar-refractivity contribution is 5.86. The number of amides is 1. The van der Waals surface area contributed by atoms with E-state index in [1.165, 1.54) is 6.40 Å². The predicted molar refractivity (Wildman–Crippen MR) is 83.7 cm³/mol. The van der Waals surface area contributed by atoms with Gasteiger partial charge in [-0.25, -0.2) is 4.99 Å². The summed E-state index contributed by atoms with van der Waals surface area (Å²) in [6.07, 6.45) is 4.96. The van der Waals surface area contributed by atoms with Crippen molar-refractivity contribution in [3.8, 4) is 0 Å². The molecule has 1 saturated heterocycles. The maximum absolute atomic E-state index is 12.6.